The maximum atomic E-state index is 12.1. The number of anilines is 1. The number of carbonyl (C=O) groups is 1. The predicted octanol–water partition coefficient (Wildman–Crippen LogP) is 0.976. The zero-order valence-electron chi connectivity index (χ0n) is 10.8. The van der Waals surface area contributed by atoms with Gasteiger partial charge in [0.15, 0.2) is 0 Å². The Morgan fingerprint density at radius 3 is 2.78 bits per heavy atom. The Labute approximate surface area is 108 Å². The number of carbonyl (C=O) groups excluding carboxylic acids is 1. The van der Waals surface area contributed by atoms with Gasteiger partial charge in [-0.25, -0.2) is 0 Å². The Morgan fingerprint density at radius 1 is 1.39 bits per heavy atom. The Balaban J connectivity index is 2.28. The summed E-state index contributed by atoms with van der Waals surface area (Å²) >= 11 is 0. The molecule has 18 heavy (non-hydrogen) atoms. The second-order valence-electron chi connectivity index (χ2n) is 4.93. The standard InChI is InChI=1S/C14H21N3O/c1-11-9-16-14(18)13(7-8-15)17(10-11)12-5-3-2-4-6-12/h2-6,11,13H,7-10,15H2,1H3,(H,16,18). The van der Waals surface area contributed by atoms with E-state index >= 15 is 0 Å². The van der Waals surface area contributed by atoms with Gasteiger partial charge in [0.05, 0.1) is 0 Å². The molecule has 2 atom stereocenters. The van der Waals surface area contributed by atoms with E-state index in [-0.39, 0.29) is 11.9 Å². The number of amides is 1. The first-order valence-corrected chi connectivity index (χ1v) is 6.52. The average molecular weight is 247 g/mol. The van der Waals surface area contributed by atoms with Crippen LogP contribution in [0.1, 0.15) is 13.3 Å². The number of nitrogens with two attached hydrogens (primary N) is 1. The van der Waals surface area contributed by atoms with Crippen molar-refractivity contribution in [2.75, 3.05) is 24.5 Å². The van der Waals surface area contributed by atoms with Crippen molar-refractivity contribution in [3.05, 3.63) is 30.3 Å². The molecule has 0 aliphatic carbocycles. The maximum Gasteiger partial charge on any atom is 0.242 e. The van der Waals surface area contributed by atoms with Crippen molar-refractivity contribution < 1.29 is 4.79 Å². The first-order valence-electron chi connectivity index (χ1n) is 6.52. The van der Waals surface area contributed by atoms with E-state index in [1.54, 1.807) is 0 Å². The Kier molecular flexibility index (Phi) is 4.20. The van der Waals surface area contributed by atoms with Crippen LogP contribution in [0.2, 0.25) is 0 Å². The van der Waals surface area contributed by atoms with Crippen molar-refractivity contribution in [2.45, 2.75) is 19.4 Å². The highest BCUT2D eigenvalue weighted by atomic mass is 16.2. The zero-order valence-corrected chi connectivity index (χ0v) is 10.8. The fraction of sp³-hybridized carbons (Fsp3) is 0.500. The second kappa shape index (κ2) is 5.87. The number of hydrogen-bond acceptors (Lipinski definition) is 3. The summed E-state index contributed by atoms with van der Waals surface area (Å²) in [5.41, 5.74) is 6.74. The molecule has 1 saturated heterocycles. The van der Waals surface area contributed by atoms with E-state index < -0.39 is 0 Å². The quantitative estimate of drug-likeness (QED) is 0.837. The molecule has 4 nitrogen and oxygen atoms in total. The third-order valence-corrected chi connectivity index (χ3v) is 3.34. The van der Waals surface area contributed by atoms with Crippen LogP contribution in [0.4, 0.5) is 5.69 Å². The van der Waals surface area contributed by atoms with Crippen LogP contribution in [0.15, 0.2) is 30.3 Å². The lowest BCUT2D eigenvalue weighted by Gasteiger charge is -2.31. The third-order valence-electron chi connectivity index (χ3n) is 3.34. The van der Waals surface area contributed by atoms with Crippen molar-refractivity contribution in [3.63, 3.8) is 0 Å². The maximum absolute atomic E-state index is 12.1. The van der Waals surface area contributed by atoms with Crippen molar-refractivity contribution in [1.29, 1.82) is 0 Å². The SMILES string of the molecule is CC1CNC(=O)C(CCN)N(c2ccccc2)C1. The Bertz CT molecular complexity index is 393. The van der Waals surface area contributed by atoms with E-state index in [4.69, 9.17) is 5.73 Å². The molecule has 1 amide bonds. The topological polar surface area (TPSA) is 58.4 Å². The monoisotopic (exact) mass is 247 g/mol. The molecule has 0 bridgehead atoms. The lowest BCUT2D eigenvalue weighted by Crippen LogP contribution is -2.45. The van der Waals surface area contributed by atoms with Gasteiger partial charge >= 0.3 is 0 Å². The molecule has 1 aliphatic heterocycles. The smallest absolute Gasteiger partial charge is 0.242 e. The van der Waals surface area contributed by atoms with E-state index in [0.717, 1.165) is 18.8 Å². The van der Waals surface area contributed by atoms with Crippen molar-refractivity contribution in [3.8, 4) is 0 Å². The molecule has 2 rings (SSSR count). The van der Waals surface area contributed by atoms with Crippen LogP contribution in [-0.4, -0.2) is 31.6 Å². The highest BCUT2D eigenvalue weighted by Gasteiger charge is 2.29. The van der Waals surface area contributed by atoms with Gasteiger partial charge in [-0.1, -0.05) is 25.1 Å². The van der Waals surface area contributed by atoms with Gasteiger partial charge in [0.2, 0.25) is 5.91 Å². The summed E-state index contributed by atoms with van der Waals surface area (Å²) in [7, 11) is 0. The fourth-order valence-electron chi connectivity index (χ4n) is 2.41. The summed E-state index contributed by atoms with van der Waals surface area (Å²) in [5, 5.41) is 2.99. The molecule has 3 N–H and O–H groups in total. The van der Waals surface area contributed by atoms with Gasteiger partial charge in [0, 0.05) is 18.8 Å². The number of nitrogens with zero attached hydrogens (tertiary/aromatic N) is 1. The molecule has 4 heteroatoms. The minimum absolute atomic E-state index is 0.0913. The second-order valence-corrected chi connectivity index (χ2v) is 4.93. The van der Waals surface area contributed by atoms with Gasteiger partial charge in [0.1, 0.15) is 6.04 Å². The van der Waals surface area contributed by atoms with E-state index in [1.165, 1.54) is 0 Å². The third kappa shape index (κ3) is 2.82. The molecule has 0 aromatic heterocycles. The van der Waals surface area contributed by atoms with Crippen molar-refractivity contribution in [2.24, 2.45) is 11.7 Å². The van der Waals surface area contributed by atoms with Crippen molar-refractivity contribution >= 4 is 11.6 Å². The molecule has 1 aliphatic rings. The highest BCUT2D eigenvalue weighted by Crippen LogP contribution is 2.21. The molecule has 0 saturated carbocycles. The van der Waals surface area contributed by atoms with Crippen LogP contribution in [0.5, 0.6) is 0 Å². The lowest BCUT2D eigenvalue weighted by molar-refractivity contribution is -0.122. The molecular formula is C14H21N3O. The average Bonchev–Trinajstić information content (AvgIpc) is 2.53. The summed E-state index contributed by atoms with van der Waals surface area (Å²) in [6.07, 6.45) is 0.688. The number of rotatable bonds is 3. The highest BCUT2D eigenvalue weighted by molar-refractivity contribution is 5.85. The van der Waals surface area contributed by atoms with Crippen LogP contribution in [0.3, 0.4) is 0 Å². The molecule has 1 aromatic carbocycles. The molecule has 0 spiro atoms. The van der Waals surface area contributed by atoms with Gasteiger partial charge in [0.25, 0.3) is 0 Å². The van der Waals surface area contributed by atoms with Gasteiger partial charge in [-0.2, -0.15) is 0 Å². The Hall–Kier alpha value is -1.55. The van der Waals surface area contributed by atoms with Crippen LogP contribution in [0, 0.1) is 5.92 Å². The van der Waals surface area contributed by atoms with Crippen LogP contribution in [-0.2, 0) is 4.79 Å². The molecule has 2 unspecified atom stereocenters. The minimum Gasteiger partial charge on any atom is -0.359 e. The summed E-state index contributed by atoms with van der Waals surface area (Å²) < 4.78 is 0. The van der Waals surface area contributed by atoms with Gasteiger partial charge in [-0.15, -0.1) is 0 Å². The predicted molar refractivity (Wildman–Crippen MR) is 73.4 cm³/mol. The first kappa shape index (κ1) is 12.9. The van der Waals surface area contributed by atoms with Crippen LogP contribution >= 0.6 is 0 Å². The summed E-state index contributed by atoms with van der Waals surface area (Å²) in [6.45, 7) is 4.30. The largest absolute Gasteiger partial charge is 0.359 e. The molecular weight excluding hydrogens is 226 g/mol. The summed E-state index contributed by atoms with van der Waals surface area (Å²) in [5.74, 6) is 0.533. The summed E-state index contributed by atoms with van der Waals surface area (Å²) in [4.78, 5) is 14.3. The number of benzene rings is 1. The van der Waals surface area contributed by atoms with Crippen molar-refractivity contribution in [1.82, 2.24) is 5.32 Å². The molecule has 1 heterocycles. The van der Waals surface area contributed by atoms with Crippen LogP contribution < -0.4 is 16.0 Å². The Morgan fingerprint density at radius 2 is 2.11 bits per heavy atom. The summed E-state index contributed by atoms with van der Waals surface area (Å²) in [6, 6.07) is 9.94. The fourth-order valence-corrected chi connectivity index (χ4v) is 2.41. The molecule has 1 fully saturated rings. The lowest BCUT2D eigenvalue weighted by atomic mass is 10.1. The molecule has 0 radical (unpaired) electrons. The minimum atomic E-state index is -0.151. The van der Waals surface area contributed by atoms with E-state index in [9.17, 15) is 4.79 Å². The zero-order chi connectivity index (χ0) is 13.0. The van der Waals surface area contributed by atoms with E-state index in [2.05, 4.69) is 29.3 Å². The van der Waals surface area contributed by atoms with Crippen LogP contribution in [0.25, 0.3) is 0 Å². The van der Waals surface area contributed by atoms with Gasteiger partial charge < -0.3 is 16.0 Å². The normalized spacial score (nSPS) is 24.6. The van der Waals surface area contributed by atoms with Gasteiger partial charge in [-0.3, -0.25) is 4.79 Å². The van der Waals surface area contributed by atoms with Gasteiger partial charge in [-0.05, 0) is 31.0 Å². The molecule has 1 aromatic rings. The van der Waals surface area contributed by atoms with E-state index in [1.807, 2.05) is 18.2 Å². The number of hydrogen-bond donors (Lipinski definition) is 2. The van der Waals surface area contributed by atoms with E-state index in [0.29, 0.717) is 18.9 Å². The first-order chi connectivity index (χ1) is 8.72. The number of nitrogens with one attached hydrogen (secondary N) is 1. The number of para-hydroxylation sites is 1. The molecule has 98 valence electrons.